The molecule has 0 atom stereocenters. The largest absolute Gasteiger partial charge is 0.416 e. The van der Waals surface area contributed by atoms with E-state index in [9.17, 15) is 26.7 Å². The molecule has 0 aliphatic carbocycles. The first-order chi connectivity index (χ1) is 12.6. The van der Waals surface area contributed by atoms with E-state index >= 15 is 0 Å². The summed E-state index contributed by atoms with van der Waals surface area (Å²) in [6.45, 7) is 0.430. The van der Waals surface area contributed by atoms with Crippen molar-refractivity contribution in [3.05, 3.63) is 47.4 Å². The number of H-pyrrole nitrogens is 2. The van der Waals surface area contributed by atoms with Gasteiger partial charge in [-0.2, -0.15) is 13.2 Å². The average Bonchev–Trinajstić information content (AvgIpc) is 3.13. The van der Waals surface area contributed by atoms with Gasteiger partial charge in [0.05, 0.1) is 18.7 Å². The van der Waals surface area contributed by atoms with Gasteiger partial charge in [0, 0.05) is 34.4 Å². The maximum atomic E-state index is 13.0. The van der Waals surface area contributed by atoms with Crippen molar-refractivity contribution >= 4 is 16.8 Å². The maximum absolute atomic E-state index is 13.0. The Labute approximate surface area is 150 Å². The number of carbonyl (C=O) groups is 1. The summed E-state index contributed by atoms with van der Waals surface area (Å²) < 4.78 is 64.6. The van der Waals surface area contributed by atoms with Crippen molar-refractivity contribution in [2.24, 2.45) is 0 Å². The smallest absolute Gasteiger partial charge is 0.361 e. The first-order valence-corrected chi connectivity index (χ1v) is 8.10. The summed E-state index contributed by atoms with van der Waals surface area (Å²) in [6, 6.07) is 3.39. The number of hydrogen-bond acceptors (Lipinski definition) is 1. The van der Waals surface area contributed by atoms with E-state index in [2.05, 4.69) is 9.97 Å². The Morgan fingerprint density at radius 1 is 1.11 bits per heavy atom. The Hall–Kier alpha value is -2.84. The number of nitrogens with zero attached hydrogens (tertiary/aromatic N) is 1. The van der Waals surface area contributed by atoms with E-state index in [-0.39, 0.29) is 5.69 Å². The van der Waals surface area contributed by atoms with Gasteiger partial charge in [0.25, 0.3) is 11.8 Å². The number of likely N-dealkylation sites (tertiary alicyclic amines) is 1. The fourth-order valence-electron chi connectivity index (χ4n) is 3.34. The van der Waals surface area contributed by atoms with Crippen molar-refractivity contribution in [2.75, 3.05) is 13.1 Å². The molecular formula is C18H14F5N3O. The van der Waals surface area contributed by atoms with Gasteiger partial charge in [-0.3, -0.25) is 4.79 Å². The molecule has 1 aliphatic rings. The third-order valence-corrected chi connectivity index (χ3v) is 4.78. The van der Waals surface area contributed by atoms with Gasteiger partial charge in [-0.25, -0.2) is 8.78 Å². The van der Waals surface area contributed by atoms with E-state index in [1.165, 1.54) is 6.07 Å². The van der Waals surface area contributed by atoms with Gasteiger partial charge in [-0.1, -0.05) is 6.07 Å². The second kappa shape index (κ2) is 5.58. The molecule has 3 aromatic rings. The van der Waals surface area contributed by atoms with Gasteiger partial charge >= 0.3 is 6.18 Å². The summed E-state index contributed by atoms with van der Waals surface area (Å²) in [7, 11) is 0. The number of halogens is 5. The predicted octanol–water partition coefficient (Wildman–Crippen LogP) is 4.58. The van der Waals surface area contributed by atoms with Crippen molar-refractivity contribution in [1.82, 2.24) is 14.9 Å². The van der Waals surface area contributed by atoms with Crippen molar-refractivity contribution in [2.45, 2.75) is 19.0 Å². The quantitative estimate of drug-likeness (QED) is 0.626. The molecule has 0 bridgehead atoms. The lowest BCUT2D eigenvalue weighted by Crippen LogP contribution is -2.58. The molecule has 27 heavy (non-hydrogen) atoms. The highest BCUT2D eigenvalue weighted by Gasteiger charge is 2.47. The van der Waals surface area contributed by atoms with Gasteiger partial charge in [0.1, 0.15) is 5.69 Å². The van der Waals surface area contributed by atoms with Crippen LogP contribution in [0.5, 0.6) is 0 Å². The molecule has 2 aromatic heterocycles. The average molecular weight is 383 g/mol. The second-order valence-corrected chi connectivity index (χ2v) is 6.68. The first kappa shape index (κ1) is 17.6. The van der Waals surface area contributed by atoms with Crippen LogP contribution in [0.1, 0.15) is 21.6 Å². The molecule has 1 aromatic carbocycles. The minimum absolute atomic E-state index is 0.196. The molecule has 1 aliphatic heterocycles. The summed E-state index contributed by atoms with van der Waals surface area (Å²) in [5, 5.41) is 0.569. The molecule has 0 saturated carbocycles. The number of benzene rings is 1. The molecule has 0 spiro atoms. The number of amides is 1. The van der Waals surface area contributed by atoms with Crippen molar-refractivity contribution < 1.29 is 26.7 Å². The molecule has 1 saturated heterocycles. The van der Waals surface area contributed by atoms with Crippen molar-refractivity contribution in [3.63, 3.8) is 0 Å². The van der Waals surface area contributed by atoms with E-state index in [0.29, 0.717) is 27.6 Å². The summed E-state index contributed by atoms with van der Waals surface area (Å²) in [6.07, 6.45) is -1.32. The van der Waals surface area contributed by atoms with Crippen molar-refractivity contribution in [3.8, 4) is 11.1 Å². The molecule has 0 unspecified atom stereocenters. The standard InChI is InChI=1S/C18H14F5N3O/c1-9-12(5-25-15(9)16(27)26-7-17(19,20)8-26)13-6-24-14-4-10(18(21,22)23)2-3-11(13)14/h2-6,24-25H,7-8H2,1H3. The van der Waals surface area contributed by atoms with Gasteiger partial charge < -0.3 is 14.9 Å². The van der Waals surface area contributed by atoms with Gasteiger partial charge in [0.15, 0.2) is 0 Å². The number of fused-ring (bicyclic) bond motifs is 1. The van der Waals surface area contributed by atoms with Crippen LogP contribution in [0.3, 0.4) is 0 Å². The Bertz CT molecular complexity index is 1040. The fourth-order valence-corrected chi connectivity index (χ4v) is 3.34. The zero-order chi connectivity index (χ0) is 19.6. The second-order valence-electron chi connectivity index (χ2n) is 6.68. The molecule has 0 radical (unpaired) electrons. The summed E-state index contributed by atoms with van der Waals surface area (Å²) >= 11 is 0. The zero-order valence-corrected chi connectivity index (χ0v) is 14.0. The van der Waals surface area contributed by atoms with Gasteiger partial charge in [-0.15, -0.1) is 0 Å². The monoisotopic (exact) mass is 383 g/mol. The Morgan fingerprint density at radius 3 is 2.41 bits per heavy atom. The normalized spacial score (nSPS) is 16.6. The topological polar surface area (TPSA) is 51.9 Å². The minimum Gasteiger partial charge on any atom is -0.361 e. The lowest BCUT2D eigenvalue weighted by atomic mass is 10.0. The molecule has 3 heterocycles. The lowest BCUT2D eigenvalue weighted by molar-refractivity contribution is -0.137. The highest BCUT2D eigenvalue weighted by Crippen LogP contribution is 2.37. The molecular weight excluding hydrogens is 369 g/mol. The number of aromatic amines is 2. The Balaban J connectivity index is 1.69. The van der Waals surface area contributed by atoms with Crippen LogP contribution in [-0.4, -0.2) is 39.8 Å². The van der Waals surface area contributed by atoms with E-state index in [1.807, 2.05) is 0 Å². The van der Waals surface area contributed by atoms with Crippen LogP contribution < -0.4 is 0 Å². The van der Waals surface area contributed by atoms with Gasteiger partial charge in [0.2, 0.25) is 0 Å². The zero-order valence-electron chi connectivity index (χ0n) is 14.0. The van der Waals surface area contributed by atoms with E-state index in [1.54, 1.807) is 19.3 Å². The predicted molar refractivity (Wildman–Crippen MR) is 88.7 cm³/mol. The molecule has 9 heteroatoms. The first-order valence-electron chi connectivity index (χ1n) is 8.10. The van der Waals surface area contributed by atoms with Crippen molar-refractivity contribution in [1.29, 1.82) is 0 Å². The lowest BCUT2D eigenvalue weighted by Gasteiger charge is -2.38. The number of alkyl halides is 5. The number of rotatable bonds is 2. The number of carbonyl (C=O) groups excluding carboxylic acids is 1. The third-order valence-electron chi connectivity index (χ3n) is 4.78. The SMILES string of the molecule is Cc1c(-c2c[nH]c3cc(C(F)(F)F)ccc23)c[nH]c1C(=O)N1CC(F)(F)C1. The van der Waals surface area contributed by atoms with Crippen LogP contribution in [0.4, 0.5) is 22.0 Å². The molecule has 2 N–H and O–H groups in total. The third kappa shape index (κ3) is 2.87. The Kier molecular flexibility index (Phi) is 3.63. The van der Waals surface area contributed by atoms with Crippen LogP contribution in [-0.2, 0) is 6.18 Å². The number of aromatic nitrogens is 2. The maximum Gasteiger partial charge on any atom is 0.416 e. The van der Waals surface area contributed by atoms with E-state index < -0.39 is 36.7 Å². The van der Waals surface area contributed by atoms with Crippen LogP contribution >= 0.6 is 0 Å². The van der Waals surface area contributed by atoms with E-state index in [0.717, 1.165) is 17.0 Å². The Morgan fingerprint density at radius 2 is 1.78 bits per heavy atom. The van der Waals surface area contributed by atoms with Crippen LogP contribution in [0.2, 0.25) is 0 Å². The summed E-state index contributed by atoms with van der Waals surface area (Å²) in [4.78, 5) is 19.0. The molecule has 4 rings (SSSR count). The van der Waals surface area contributed by atoms with E-state index in [4.69, 9.17) is 0 Å². The van der Waals surface area contributed by atoms with Crippen LogP contribution in [0.25, 0.3) is 22.0 Å². The number of nitrogens with one attached hydrogen (secondary N) is 2. The van der Waals surface area contributed by atoms with Crippen LogP contribution in [0, 0.1) is 6.92 Å². The molecule has 142 valence electrons. The highest BCUT2D eigenvalue weighted by atomic mass is 19.4. The number of hydrogen-bond donors (Lipinski definition) is 2. The molecule has 4 nitrogen and oxygen atoms in total. The highest BCUT2D eigenvalue weighted by molar-refractivity contribution is 6.01. The van der Waals surface area contributed by atoms with Crippen LogP contribution in [0.15, 0.2) is 30.6 Å². The van der Waals surface area contributed by atoms with Gasteiger partial charge in [-0.05, 0) is 24.6 Å². The minimum atomic E-state index is -4.44. The molecule has 1 fully saturated rings. The fraction of sp³-hybridized carbons (Fsp3) is 0.278. The summed E-state index contributed by atoms with van der Waals surface area (Å²) in [5.41, 5.74) is 1.55. The molecule has 1 amide bonds. The summed E-state index contributed by atoms with van der Waals surface area (Å²) in [5.74, 6) is -3.38.